The van der Waals surface area contributed by atoms with Crippen molar-refractivity contribution in [1.82, 2.24) is 4.90 Å². The fourth-order valence-electron chi connectivity index (χ4n) is 4.52. The van der Waals surface area contributed by atoms with Crippen molar-refractivity contribution in [3.8, 4) is 11.5 Å². The normalized spacial score (nSPS) is 19.6. The maximum absolute atomic E-state index is 13.5. The summed E-state index contributed by atoms with van der Waals surface area (Å²) < 4.78 is 12.1. The van der Waals surface area contributed by atoms with Crippen LogP contribution >= 0.6 is 0 Å². The van der Waals surface area contributed by atoms with Crippen LogP contribution in [0.4, 0.5) is 4.79 Å². The average molecular weight is 430 g/mol. The topological polar surface area (TPSA) is 88.3 Å². The number of carbonyl (C=O) groups is 3. The zero-order chi connectivity index (χ0) is 22.7. The number of allylic oxidation sites excluding steroid dienone is 1. The van der Waals surface area contributed by atoms with Crippen molar-refractivity contribution >= 4 is 34.8 Å². The first-order valence-corrected chi connectivity index (χ1v) is 10.0. The van der Waals surface area contributed by atoms with Crippen LogP contribution in [0.2, 0.25) is 0 Å². The molecule has 0 saturated carbocycles. The van der Waals surface area contributed by atoms with E-state index in [-0.39, 0.29) is 17.2 Å². The molecule has 0 radical (unpaired) electrons. The number of aliphatic imine (C=N–C) groups is 1. The number of urea groups is 1. The summed E-state index contributed by atoms with van der Waals surface area (Å²) in [5, 5.41) is 0. The van der Waals surface area contributed by atoms with Crippen LogP contribution in [0.25, 0.3) is 5.57 Å². The molecule has 3 aliphatic rings. The molecule has 1 atom stereocenters. The Balaban J connectivity index is 1.86. The molecule has 2 heterocycles. The van der Waals surface area contributed by atoms with Crippen molar-refractivity contribution in [2.45, 2.75) is 0 Å². The number of ether oxygens (including phenoxy) is 2. The number of amidine groups is 1. The van der Waals surface area contributed by atoms with Gasteiger partial charge in [-0.15, -0.1) is 4.99 Å². The number of dihydropyridines is 1. The molecule has 160 valence electrons. The maximum Gasteiger partial charge on any atom is 0.445 e. The summed E-state index contributed by atoms with van der Waals surface area (Å²) in [4.78, 5) is 45.2. The van der Waals surface area contributed by atoms with Gasteiger partial charge in [0.25, 0.3) is 5.84 Å². The predicted molar refractivity (Wildman–Crippen MR) is 117 cm³/mol. The molecule has 1 unspecified atom stereocenters. The number of nitrogens with zero attached hydrogens (tertiary/aromatic N) is 3. The van der Waals surface area contributed by atoms with E-state index < -0.39 is 17.9 Å². The fourth-order valence-corrected chi connectivity index (χ4v) is 4.52. The van der Waals surface area contributed by atoms with E-state index in [1.165, 1.54) is 25.8 Å². The molecule has 0 spiro atoms. The fraction of sp³-hybridized carbons (Fsp3) is 0.208. The lowest BCUT2D eigenvalue weighted by molar-refractivity contribution is -0.403. The highest BCUT2D eigenvalue weighted by Gasteiger charge is 2.52. The largest absolute Gasteiger partial charge is 0.493 e. The number of imide groups is 1. The van der Waals surface area contributed by atoms with Gasteiger partial charge in [0.15, 0.2) is 17.3 Å². The first-order valence-electron chi connectivity index (χ1n) is 10.0. The molecule has 32 heavy (non-hydrogen) atoms. The monoisotopic (exact) mass is 430 g/mol. The number of ketones is 1. The summed E-state index contributed by atoms with van der Waals surface area (Å²) in [7, 11) is 6.04. The van der Waals surface area contributed by atoms with Crippen LogP contribution < -0.4 is 9.47 Å². The van der Waals surface area contributed by atoms with Crippen molar-refractivity contribution in [3.63, 3.8) is 0 Å². The summed E-state index contributed by atoms with van der Waals surface area (Å²) in [6, 6.07) is 12.0. The van der Waals surface area contributed by atoms with Gasteiger partial charge in [-0.3, -0.25) is 4.79 Å². The first-order chi connectivity index (χ1) is 15.4. The van der Waals surface area contributed by atoms with Gasteiger partial charge in [0.2, 0.25) is 0 Å². The summed E-state index contributed by atoms with van der Waals surface area (Å²) in [6.45, 7) is 0. The number of amides is 3. The number of likely N-dealkylation sites (N-methyl/N-ethyl adjacent to an activating group) is 1. The summed E-state index contributed by atoms with van der Waals surface area (Å²) in [5.74, 6) is -0.170. The van der Waals surface area contributed by atoms with Crippen molar-refractivity contribution in [2.24, 2.45) is 10.9 Å². The summed E-state index contributed by atoms with van der Waals surface area (Å²) in [6.07, 6.45) is 0. The van der Waals surface area contributed by atoms with E-state index in [0.717, 1.165) is 4.90 Å². The van der Waals surface area contributed by atoms with Gasteiger partial charge in [-0.1, -0.05) is 30.3 Å². The van der Waals surface area contributed by atoms with Gasteiger partial charge in [0, 0.05) is 11.1 Å². The van der Waals surface area contributed by atoms with Crippen LogP contribution in [0.3, 0.4) is 0 Å². The van der Waals surface area contributed by atoms with Gasteiger partial charge in [0.05, 0.1) is 28.3 Å². The number of benzene rings is 2. The molecule has 0 N–H and O–H groups in total. The van der Waals surface area contributed by atoms with Gasteiger partial charge in [-0.2, -0.15) is 9.48 Å². The summed E-state index contributed by atoms with van der Waals surface area (Å²) >= 11 is 0. The molecule has 8 heteroatoms. The van der Waals surface area contributed by atoms with E-state index >= 15 is 0 Å². The highest BCUT2D eigenvalue weighted by Crippen LogP contribution is 2.44. The van der Waals surface area contributed by atoms with Gasteiger partial charge in [0.1, 0.15) is 17.2 Å². The third kappa shape index (κ3) is 2.52. The van der Waals surface area contributed by atoms with Crippen molar-refractivity contribution in [2.75, 3.05) is 28.3 Å². The Labute approximate surface area is 184 Å². The lowest BCUT2D eigenvalue weighted by Gasteiger charge is -2.27. The van der Waals surface area contributed by atoms with Gasteiger partial charge in [-0.25, -0.2) is 9.59 Å². The lowest BCUT2D eigenvalue weighted by atomic mass is 9.81. The number of Topliss-reactive ketones (excluding diaryl/α,β-unsaturated/α-hetero) is 1. The number of fused-ring (bicyclic) bond motifs is 4. The van der Waals surface area contributed by atoms with Crippen LogP contribution in [-0.4, -0.2) is 67.1 Å². The van der Waals surface area contributed by atoms with Crippen LogP contribution in [0.15, 0.2) is 53.0 Å². The highest BCUT2D eigenvalue weighted by molar-refractivity contribution is 6.43. The molecule has 0 bridgehead atoms. The minimum atomic E-state index is -0.761. The third-order valence-corrected chi connectivity index (χ3v) is 6.12. The van der Waals surface area contributed by atoms with E-state index in [9.17, 15) is 14.4 Å². The van der Waals surface area contributed by atoms with Crippen molar-refractivity contribution < 1.29 is 28.4 Å². The second-order valence-corrected chi connectivity index (χ2v) is 7.73. The van der Waals surface area contributed by atoms with Crippen LogP contribution in [0.1, 0.15) is 21.5 Å². The Kier molecular flexibility index (Phi) is 4.33. The SMILES string of the molecule is COc1ccc(C2=C3C(=O)N(C)C(=O)[N+](C)=C3N=C3c4ccccc4C(=O)C32)cc1OC. The molecule has 1 aliphatic carbocycles. The number of rotatable bonds is 3. The van der Waals surface area contributed by atoms with Crippen LogP contribution in [-0.2, 0) is 4.79 Å². The Morgan fingerprint density at radius 3 is 2.34 bits per heavy atom. The van der Waals surface area contributed by atoms with Crippen LogP contribution in [0.5, 0.6) is 11.5 Å². The Bertz CT molecular complexity index is 1330. The molecule has 0 fully saturated rings. The zero-order valence-electron chi connectivity index (χ0n) is 18.0. The number of hydrogen-bond donors (Lipinski definition) is 0. The number of carbonyl (C=O) groups excluding carboxylic acids is 3. The molecule has 8 nitrogen and oxygen atoms in total. The molecular weight excluding hydrogens is 410 g/mol. The zero-order valence-corrected chi connectivity index (χ0v) is 18.0. The minimum absolute atomic E-state index is 0.134. The third-order valence-electron chi connectivity index (χ3n) is 6.12. The number of methoxy groups -OCH3 is 2. The van der Waals surface area contributed by atoms with Crippen LogP contribution in [0, 0.1) is 5.92 Å². The standard InChI is InChI=1S/C24H20N3O5/c1-26-22-19(23(29)27(2)24(26)30)17(12-9-10-15(31-3)16(11-12)32-4)18-20(25-22)13-7-5-6-8-14(13)21(18)28/h5-11,18H,1-4H3/q+1. The second-order valence-electron chi connectivity index (χ2n) is 7.73. The Morgan fingerprint density at radius 1 is 0.969 bits per heavy atom. The average Bonchev–Trinajstić information content (AvgIpc) is 3.11. The van der Waals surface area contributed by atoms with Gasteiger partial charge >= 0.3 is 11.9 Å². The van der Waals surface area contributed by atoms with Crippen molar-refractivity contribution in [3.05, 3.63) is 64.7 Å². The maximum atomic E-state index is 13.5. The molecule has 2 aromatic rings. The Hall–Kier alpha value is -4.07. The molecule has 5 rings (SSSR count). The molecular formula is C24H20N3O5+. The molecule has 2 aromatic carbocycles. The molecule has 3 amide bonds. The van der Waals surface area contributed by atoms with E-state index in [1.807, 2.05) is 12.1 Å². The van der Waals surface area contributed by atoms with E-state index in [4.69, 9.17) is 9.47 Å². The molecule has 0 saturated heterocycles. The summed E-state index contributed by atoms with van der Waals surface area (Å²) in [5.41, 5.74) is 3.15. The first kappa shape index (κ1) is 19.9. The quantitative estimate of drug-likeness (QED) is 0.698. The van der Waals surface area contributed by atoms with E-state index in [0.29, 0.717) is 39.5 Å². The predicted octanol–water partition coefficient (Wildman–Crippen LogP) is 2.41. The number of hydrogen-bond acceptors (Lipinski definition) is 6. The molecule has 0 aromatic heterocycles. The highest BCUT2D eigenvalue weighted by atomic mass is 16.5. The van der Waals surface area contributed by atoms with Crippen molar-refractivity contribution in [1.29, 1.82) is 0 Å². The smallest absolute Gasteiger partial charge is 0.445 e. The molecule has 2 aliphatic heterocycles. The lowest BCUT2D eigenvalue weighted by Crippen LogP contribution is -2.49. The Morgan fingerprint density at radius 2 is 1.66 bits per heavy atom. The van der Waals surface area contributed by atoms with Gasteiger partial charge in [-0.05, 0) is 23.3 Å². The van der Waals surface area contributed by atoms with E-state index in [2.05, 4.69) is 4.99 Å². The second kappa shape index (κ2) is 6.98. The minimum Gasteiger partial charge on any atom is -0.493 e. The van der Waals surface area contributed by atoms with Gasteiger partial charge < -0.3 is 9.47 Å². The van der Waals surface area contributed by atoms with E-state index in [1.54, 1.807) is 37.4 Å².